The predicted molar refractivity (Wildman–Crippen MR) is 66.5 cm³/mol. The molecule has 1 rings (SSSR count). The minimum absolute atomic E-state index is 0.0168. The summed E-state index contributed by atoms with van der Waals surface area (Å²) in [6.45, 7) is 7.09. The average molecular weight is 241 g/mol. The van der Waals surface area contributed by atoms with Gasteiger partial charge in [0.15, 0.2) is 0 Å². The summed E-state index contributed by atoms with van der Waals surface area (Å²) < 4.78 is 0. The lowest BCUT2D eigenvalue weighted by Gasteiger charge is -2.24. The van der Waals surface area contributed by atoms with Crippen LogP contribution in [0.25, 0.3) is 0 Å². The van der Waals surface area contributed by atoms with Crippen molar-refractivity contribution in [3.8, 4) is 0 Å². The van der Waals surface area contributed by atoms with E-state index in [2.05, 4.69) is 29.8 Å². The van der Waals surface area contributed by atoms with Crippen LogP contribution in [-0.4, -0.2) is 37.0 Å². The molecule has 0 bridgehead atoms. The van der Waals surface area contributed by atoms with Crippen molar-refractivity contribution in [3.05, 3.63) is 0 Å². The van der Waals surface area contributed by atoms with Gasteiger partial charge in [-0.05, 0) is 19.3 Å². The van der Waals surface area contributed by atoms with E-state index in [4.69, 9.17) is 0 Å². The summed E-state index contributed by atoms with van der Waals surface area (Å²) in [6, 6.07) is 0.406. The van der Waals surface area contributed by atoms with Crippen LogP contribution in [0.5, 0.6) is 0 Å². The lowest BCUT2D eigenvalue weighted by molar-refractivity contribution is -0.122. The normalized spacial score (nSPS) is 22.1. The van der Waals surface area contributed by atoms with E-state index in [1.165, 1.54) is 0 Å². The number of nitrogens with one attached hydrogen (secondary N) is 3. The third-order valence-corrected chi connectivity index (χ3v) is 3.21. The van der Waals surface area contributed by atoms with Gasteiger partial charge < -0.3 is 16.0 Å². The maximum absolute atomic E-state index is 11.6. The Morgan fingerprint density at radius 3 is 2.71 bits per heavy atom. The van der Waals surface area contributed by atoms with Gasteiger partial charge in [-0.25, -0.2) is 0 Å². The molecular formula is C12H23N3O2. The van der Waals surface area contributed by atoms with Gasteiger partial charge in [-0.3, -0.25) is 9.59 Å². The van der Waals surface area contributed by atoms with Gasteiger partial charge in [0.05, 0.1) is 6.54 Å². The van der Waals surface area contributed by atoms with Crippen LogP contribution in [0, 0.1) is 5.92 Å². The van der Waals surface area contributed by atoms with E-state index in [9.17, 15) is 9.59 Å². The molecule has 2 amide bonds. The molecule has 98 valence electrons. The van der Waals surface area contributed by atoms with E-state index in [1.807, 2.05) is 6.92 Å². The molecule has 2 atom stereocenters. The first-order valence-corrected chi connectivity index (χ1v) is 6.28. The van der Waals surface area contributed by atoms with Crippen LogP contribution < -0.4 is 16.0 Å². The smallest absolute Gasteiger partial charge is 0.234 e. The Morgan fingerprint density at radius 2 is 2.18 bits per heavy atom. The highest BCUT2D eigenvalue weighted by atomic mass is 16.2. The highest BCUT2D eigenvalue weighted by Crippen LogP contribution is 2.02. The minimum atomic E-state index is 0.0168. The Balaban J connectivity index is 2.17. The molecule has 1 fully saturated rings. The largest absolute Gasteiger partial charge is 0.355 e. The summed E-state index contributed by atoms with van der Waals surface area (Å²) in [7, 11) is 0. The molecule has 1 saturated heterocycles. The highest BCUT2D eigenvalue weighted by Gasteiger charge is 2.18. The van der Waals surface area contributed by atoms with Gasteiger partial charge in [0.2, 0.25) is 11.8 Å². The molecule has 1 aliphatic heterocycles. The van der Waals surface area contributed by atoms with Crippen molar-refractivity contribution in [1.29, 1.82) is 0 Å². The third-order valence-electron chi connectivity index (χ3n) is 3.21. The number of amides is 2. The second kappa shape index (κ2) is 6.59. The van der Waals surface area contributed by atoms with Gasteiger partial charge in [-0.15, -0.1) is 0 Å². The Bertz CT molecular complexity index is 269. The van der Waals surface area contributed by atoms with Crippen molar-refractivity contribution in [1.82, 2.24) is 16.0 Å². The molecule has 1 heterocycles. The molecule has 0 spiro atoms. The van der Waals surface area contributed by atoms with Crippen LogP contribution in [0.3, 0.4) is 0 Å². The molecule has 1 aliphatic rings. The molecular weight excluding hydrogens is 218 g/mol. The van der Waals surface area contributed by atoms with Crippen molar-refractivity contribution in [2.24, 2.45) is 5.92 Å². The van der Waals surface area contributed by atoms with Crippen LogP contribution in [0.1, 0.15) is 33.6 Å². The number of carbonyl (C=O) groups is 2. The summed E-state index contributed by atoms with van der Waals surface area (Å²) in [5, 5.41) is 8.88. The minimum Gasteiger partial charge on any atom is -0.355 e. The van der Waals surface area contributed by atoms with Crippen molar-refractivity contribution < 1.29 is 9.59 Å². The molecule has 5 nitrogen and oxygen atoms in total. The first kappa shape index (κ1) is 14.0. The van der Waals surface area contributed by atoms with Gasteiger partial charge >= 0.3 is 0 Å². The van der Waals surface area contributed by atoms with Crippen LogP contribution in [0.15, 0.2) is 0 Å². The Labute approximate surface area is 103 Å². The van der Waals surface area contributed by atoms with E-state index in [1.54, 1.807) is 0 Å². The van der Waals surface area contributed by atoms with Crippen LogP contribution in [0.2, 0.25) is 0 Å². The SMILES string of the molecule is CC(C)C(C)NC(=O)CNC1CCC(=O)NC1. The predicted octanol–water partition coefficient (Wildman–Crippen LogP) is 0.0153. The molecule has 0 aromatic heterocycles. The number of rotatable bonds is 5. The fraction of sp³-hybridized carbons (Fsp3) is 0.833. The van der Waals surface area contributed by atoms with E-state index in [-0.39, 0.29) is 23.9 Å². The standard InChI is InChI=1S/C12H23N3O2/c1-8(2)9(3)15-12(17)7-13-10-4-5-11(16)14-6-10/h8-10,13H,4-7H2,1-3H3,(H,14,16)(H,15,17). The lowest BCUT2D eigenvalue weighted by atomic mass is 10.1. The topological polar surface area (TPSA) is 70.2 Å². The van der Waals surface area contributed by atoms with Gasteiger partial charge in [0, 0.05) is 25.0 Å². The Morgan fingerprint density at radius 1 is 1.47 bits per heavy atom. The zero-order chi connectivity index (χ0) is 12.8. The van der Waals surface area contributed by atoms with Crippen LogP contribution >= 0.6 is 0 Å². The number of hydrogen-bond donors (Lipinski definition) is 3. The second-order valence-electron chi connectivity index (χ2n) is 5.02. The quantitative estimate of drug-likeness (QED) is 0.635. The maximum atomic E-state index is 11.6. The monoisotopic (exact) mass is 241 g/mol. The molecule has 17 heavy (non-hydrogen) atoms. The first-order valence-electron chi connectivity index (χ1n) is 6.28. The molecule has 0 aromatic rings. The molecule has 0 aromatic carbocycles. The summed E-state index contributed by atoms with van der Waals surface area (Å²) >= 11 is 0. The van der Waals surface area contributed by atoms with Gasteiger partial charge in [-0.1, -0.05) is 13.8 Å². The van der Waals surface area contributed by atoms with Gasteiger partial charge in [0.1, 0.15) is 0 Å². The van der Waals surface area contributed by atoms with Gasteiger partial charge in [-0.2, -0.15) is 0 Å². The maximum Gasteiger partial charge on any atom is 0.234 e. The van der Waals surface area contributed by atoms with Gasteiger partial charge in [0.25, 0.3) is 0 Å². The van der Waals surface area contributed by atoms with Crippen molar-refractivity contribution in [3.63, 3.8) is 0 Å². The zero-order valence-electron chi connectivity index (χ0n) is 10.9. The first-order chi connectivity index (χ1) is 7.99. The fourth-order valence-corrected chi connectivity index (χ4v) is 1.62. The molecule has 2 unspecified atom stereocenters. The number of carbonyl (C=O) groups excluding carboxylic acids is 2. The molecule has 5 heteroatoms. The number of piperidine rings is 1. The molecule has 0 saturated carbocycles. The van der Waals surface area contributed by atoms with E-state index in [0.29, 0.717) is 25.4 Å². The summed E-state index contributed by atoms with van der Waals surface area (Å²) in [6.07, 6.45) is 1.35. The highest BCUT2D eigenvalue weighted by molar-refractivity contribution is 5.78. The van der Waals surface area contributed by atoms with E-state index < -0.39 is 0 Å². The second-order valence-corrected chi connectivity index (χ2v) is 5.02. The average Bonchev–Trinajstić information content (AvgIpc) is 2.28. The summed E-state index contributed by atoms with van der Waals surface area (Å²) in [5.74, 6) is 0.553. The van der Waals surface area contributed by atoms with Crippen molar-refractivity contribution in [2.75, 3.05) is 13.1 Å². The molecule has 3 N–H and O–H groups in total. The molecule has 0 radical (unpaired) electrons. The zero-order valence-corrected chi connectivity index (χ0v) is 10.9. The van der Waals surface area contributed by atoms with E-state index >= 15 is 0 Å². The summed E-state index contributed by atoms with van der Waals surface area (Å²) in [5.41, 5.74) is 0. The van der Waals surface area contributed by atoms with Crippen LogP contribution in [0.4, 0.5) is 0 Å². The third kappa shape index (κ3) is 5.17. The summed E-state index contributed by atoms with van der Waals surface area (Å²) in [4.78, 5) is 22.6. The van der Waals surface area contributed by atoms with E-state index in [0.717, 1.165) is 6.42 Å². The number of hydrogen-bond acceptors (Lipinski definition) is 3. The van der Waals surface area contributed by atoms with Crippen LogP contribution in [-0.2, 0) is 9.59 Å². The Hall–Kier alpha value is -1.10. The molecule has 0 aliphatic carbocycles. The van der Waals surface area contributed by atoms with Crippen molar-refractivity contribution in [2.45, 2.75) is 45.7 Å². The van der Waals surface area contributed by atoms with Crippen molar-refractivity contribution >= 4 is 11.8 Å². The fourth-order valence-electron chi connectivity index (χ4n) is 1.62. The Kier molecular flexibility index (Phi) is 5.41. The lowest BCUT2D eigenvalue weighted by Crippen LogP contribution is -2.49.